The van der Waals surface area contributed by atoms with Crippen LogP contribution in [-0.4, -0.2) is 18.2 Å². The summed E-state index contributed by atoms with van der Waals surface area (Å²) in [6, 6.07) is 0. The van der Waals surface area contributed by atoms with Gasteiger partial charge in [0.1, 0.15) is 0 Å². The second-order valence-electron chi connectivity index (χ2n) is 0.502. The van der Waals surface area contributed by atoms with Gasteiger partial charge >= 0.3 is 10.4 Å². The minimum Gasteiger partial charge on any atom is -0.262 e. The third-order valence-electron chi connectivity index (χ3n) is 0.0942. The maximum Gasteiger partial charge on any atom is 0.423 e. The maximum absolute atomic E-state index is 9.08. The van der Waals surface area contributed by atoms with Crippen molar-refractivity contribution in [2.24, 2.45) is 0 Å². The fourth-order valence-electron chi connectivity index (χ4n) is 0. The molecule has 5 nitrogen and oxygen atoms in total. The zero-order valence-electron chi connectivity index (χ0n) is 2.94. The van der Waals surface area contributed by atoms with Gasteiger partial charge in [-0.2, -0.15) is 8.42 Å². The van der Waals surface area contributed by atoms with Gasteiger partial charge in [-0.15, -0.1) is 0 Å². The fraction of sp³-hybridized carbons (Fsp3) is 0. The number of hydrogen-bond donors (Lipinski definition) is 2. The van der Waals surface area contributed by atoms with Crippen molar-refractivity contribution >= 4 is 10.4 Å². The van der Waals surface area contributed by atoms with E-state index in [9.17, 15) is 0 Å². The summed E-state index contributed by atoms with van der Waals surface area (Å²) in [5.74, 6) is 0. The molecule has 44 valence electrons. The molecule has 0 saturated carbocycles. The van der Waals surface area contributed by atoms with E-state index in [2.05, 4.69) is 4.33 Å². The standard InChI is InChI=1S/H2O5S.W/c1-5-6(2,3)4;/h1H,(H,2,3,4);. The molecule has 0 spiro atoms. The molecular formula is H2O5SW. The van der Waals surface area contributed by atoms with E-state index >= 15 is 0 Å². The Balaban J connectivity index is 0. The Hall–Kier alpha value is 0.518. The first-order valence-electron chi connectivity index (χ1n) is 0.865. The van der Waals surface area contributed by atoms with Gasteiger partial charge in [0.25, 0.3) is 0 Å². The number of hydrogen-bond acceptors (Lipinski definition) is 4. The minimum absolute atomic E-state index is 0. The molecular weight excluding hydrogens is 296 g/mol. The van der Waals surface area contributed by atoms with Crippen LogP contribution in [0.25, 0.3) is 0 Å². The SMILES string of the molecule is O=S(=O)(O)OO.[W]. The van der Waals surface area contributed by atoms with Gasteiger partial charge in [0.2, 0.25) is 0 Å². The molecule has 0 aliphatic rings. The molecule has 0 amide bonds. The van der Waals surface area contributed by atoms with E-state index in [1.165, 1.54) is 0 Å². The summed E-state index contributed by atoms with van der Waals surface area (Å²) in [6.07, 6.45) is 0. The Morgan fingerprint density at radius 3 is 1.57 bits per heavy atom. The first kappa shape index (κ1) is 10.5. The van der Waals surface area contributed by atoms with Gasteiger partial charge in [-0.05, 0) is 0 Å². The minimum atomic E-state index is -4.61. The monoisotopic (exact) mass is 298 g/mol. The van der Waals surface area contributed by atoms with Crippen LogP contribution in [0.4, 0.5) is 0 Å². The van der Waals surface area contributed by atoms with Crippen LogP contribution in [0, 0.1) is 0 Å². The molecule has 0 radical (unpaired) electrons. The zero-order valence-corrected chi connectivity index (χ0v) is 6.69. The van der Waals surface area contributed by atoms with Crippen molar-refractivity contribution in [3.8, 4) is 0 Å². The molecule has 7 heteroatoms. The second-order valence-corrected chi connectivity index (χ2v) is 1.51. The maximum atomic E-state index is 9.08. The van der Waals surface area contributed by atoms with Gasteiger partial charge in [0, 0.05) is 21.1 Å². The van der Waals surface area contributed by atoms with Crippen molar-refractivity contribution in [2.45, 2.75) is 0 Å². The van der Waals surface area contributed by atoms with Crippen molar-refractivity contribution in [1.82, 2.24) is 0 Å². The smallest absolute Gasteiger partial charge is 0.262 e. The Kier molecular flexibility index (Phi) is 5.26. The third-order valence-corrected chi connectivity index (χ3v) is 0.283. The normalized spacial score (nSPS) is 10.0. The van der Waals surface area contributed by atoms with E-state index in [1.54, 1.807) is 0 Å². The summed E-state index contributed by atoms with van der Waals surface area (Å²) in [5, 5.41) is 7.06. The molecule has 2 N–H and O–H groups in total. The molecule has 0 aromatic heterocycles. The average Bonchev–Trinajstić information content (AvgIpc) is 1.35. The Labute approximate surface area is 54.4 Å². The van der Waals surface area contributed by atoms with Crippen LogP contribution in [0.5, 0.6) is 0 Å². The molecule has 0 rings (SSSR count). The van der Waals surface area contributed by atoms with E-state index in [4.69, 9.17) is 18.2 Å². The second kappa shape index (κ2) is 3.51. The van der Waals surface area contributed by atoms with E-state index in [-0.39, 0.29) is 21.1 Å². The van der Waals surface area contributed by atoms with Gasteiger partial charge in [0.15, 0.2) is 0 Å². The summed E-state index contributed by atoms with van der Waals surface area (Å²) in [5.41, 5.74) is 0. The van der Waals surface area contributed by atoms with E-state index in [1.807, 2.05) is 0 Å². The fourth-order valence-corrected chi connectivity index (χ4v) is 0. The van der Waals surface area contributed by atoms with Gasteiger partial charge in [-0.3, -0.25) is 4.55 Å². The van der Waals surface area contributed by atoms with Gasteiger partial charge < -0.3 is 0 Å². The third kappa shape index (κ3) is 10.8. The van der Waals surface area contributed by atoms with Crippen molar-refractivity contribution in [3.05, 3.63) is 0 Å². The topological polar surface area (TPSA) is 83.8 Å². The summed E-state index contributed by atoms with van der Waals surface area (Å²) in [4.78, 5) is 0. The van der Waals surface area contributed by atoms with Crippen molar-refractivity contribution in [2.75, 3.05) is 0 Å². The molecule has 7 heavy (non-hydrogen) atoms. The average molecular weight is 298 g/mol. The van der Waals surface area contributed by atoms with Crippen LogP contribution in [0.15, 0.2) is 0 Å². The van der Waals surface area contributed by atoms with Crippen molar-refractivity contribution in [3.63, 3.8) is 0 Å². The summed E-state index contributed by atoms with van der Waals surface area (Å²) in [7, 11) is -4.61. The molecule has 0 atom stereocenters. The van der Waals surface area contributed by atoms with E-state index in [0.29, 0.717) is 0 Å². The molecule has 0 aromatic rings. The van der Waals surface area contributed by atoms with Crippen LogP contribution < -0.4 is 0 Å². The molecule has 0 aliphatic heterocycles. The van der Waals surface area contributed by atoms with Gasteiger partial charge in [0.05, 0.1) is 0 Å². The van der Waals surface area contributed by atoms with Crippen LogP contribution in [0.3, 0.4) is 0 Å². The van der Waals surface area contributed by atoms with Gasteiger partial charge in [-0.25, -0.2) is 5.26 Å². The molecule has 0 saturated heterocycles. The quantitative estimate of drug-likeness (QED) is 0.379. The Morgan fingerprint density at radius 1 is 1.43 bits per heavy atom. The van der Waals surface area contributed by atoms with E-state index < -0.39 is 10.4 Å². The summed E-state index contributed by atoms with van der Waals surface area (Å²) >= 11 is 0. The van der Waals surface area contributed by atoms with Crippen molar-refractivity contribution in [1.29, 1.82) is 0 Å². The molecule has 0 bridgehead atoms. The van der Waals surface area contributed by atoms with Crippen LogP contribution in [0.1, 0.15) is 0 Å². The molecule has 0 heterocycles. The molecule has 0 unspecified atom stereocenters. The van der Waals surface area contributed by atoms with Crippen LogP contribution >= 0.6 is 0 Å². The predicted octanol–water partition coefficient (Wildman–Crippen LogP) is -0.724. The Morgan fingerprint density at radius 2 is 1.57 bits per heavy atom. The Bertz CT molecular complexity index is 110. The first-order chi connectivity index (χ1) is 2.56. The van der Waals surface area contributed by atoms with Crippen LogP contribution in [0.2, 0.25) is 0 Å². The summed E-state index contributed by atoms with van der Waals surface area (Å²) in [6.45, 7) is 0. The number of rotatable bonds is 1. The van der Waals surface area contributed by atoms with Crippen LogP contribution in [-0.2, 0) is 35.8 Å². The molecule has 0 aliphatic carbocycles. The predicted molar refractivity (Wildman–Crippen MR) is 15.3 cm³/mol. The van der Waals surface area contributed by atoms with Gasteiger partial charge in [-0.1, -0.05) is 4.33 Å². The molecule has 0 fully saturated rings. The van der Waals surface area contributed by atoms with Crippen molar-refractivity contribution < 1.29 is 43.6 Å². The molecule has 0 aromatic carbocycles. The first-order valence-corrected chi connectivity index (χ1v) is 2.23. The zero-order chi connectivity index (χ0) is 5.21. The summed E-state index contributed by atoms with van der Waals surface area (Å²) < 4.78 is 28.0. The largest absolute Gasteiger partial charge is 0.423 e. The van der Waals surface area contributed by atoms with E-state index in [0.717, 1.165) is 0 Å².